The van der Waals surface area contributed by atoms with Gasteiger partial charge in [0.1, 0.15) is 0 Å². The fourth-order valence-corrected chi connectivity index (χ4v) is 1.07. The van der Waals surface area contributed by atoms with Crippen LogP contribution in [0.5, 0.6) is 0 Å². The van der Waals surface area contributed by atoms with Crippen LogP contribution in [0.25, 0.3) is 0 Å². The van der Waals surface area contributed by atoms with E-state index in [1.54, 1.807) is 0 Å². The Balaban J connectivity index is 2.33. The van der Waals surface area contributed by atoms with E-state index < -0.39 is 6.41 Å². The molecule has 1 unspecified atom stereocenters. The van der Waals surface area contributed by atoms with Crippen molar-refractivity contribution in [1.82, 2.24) is 4.90 Å². The largest absolute Gasteiger partial charge is 0.356 e. The number of hydrogen-bond donors (Lipinski definition) is 1. The lowest BCUT2D eigenvalue weighted by Gasteiger charge is -2.29. The van der Waals surface area contributed by atoms with Gasteiger partial charge in [-0.25, -0.2) is 4.90 Å². The van der Waals surface area contributed by atoms with Gasteiger partial charge in [-0.2, -0.15) is 0 Å². The predicted molar refractivity (Wildman–Crippen MR) is 47.6 cm³/mol. The summed E-state index contributed by atoms with van der Waals surface area (Å²) in [6.07, 6.45) is 3.27. The second-order valence-corrected chi connectivity index (χ2v) is 3.98. The van der Waals surface area contributed by atoms with Crippen LogP contribution in [0.2, 0.25) is 0 Å². The summed E-state index contributed by atoms with van der Waals surface area (Å²) in [5.74, 6) is 0. The van der Waals surface area contributed by atoms with Gasteiger partial charge in [0, 0.05) is 13.1 Å². The summed E-state index contributed by atoms with van der Waals surface area (Å²) >= 11 is 0. The summed E-state index contributed by atoms with van der Waals surface area (Å²) < 4.78 is 5.36. The van der Waals surface area contributed by atoms with Crippen LogP contribution in [0.3, 0.4) is 0 Å². The standard InChI is InChI=1S/C9H17NO2/c1-9(2,3)12-8(11)10-6-4-5-7-10/h4-5,8,11H,6-7H2,1-3H3. The monoisotopic (exact) mass is 171 g/mol. The van der Waals surface area contributed by atoms with Crippen LogP contribution in [0.4, 0.5) is 0 Å². The molecule has 1 heterocycles. The third-order valence-corrected chi connectivity index (χ3v) is 1.62. The average Bonchev–Trinajstić information content (AvgIpc) is 2.32. The summed E-state index contributed by atoms with van der Waals surface area (Å²) in [7, 11) is 0. The van der Waals surface area contributed by atoms with Gasteiger partial charge in [-0.15, -0.1) is 0 Å². The summed E-state index contributed by atoms with van der Waals surface area (Å²) in [5.41, 5.74) is -0.290. The highest BCUT2D eigenvalue weighted by atomic mass is 16.6. The molecule has 0 amide bonds. The SMILES string of the molecule is CC(C)(C)OC(O)N1CC=CC1. The van der Waals surface area contributed by atoms with E-state index in [1.165, 1.54) is 0 Å². The minimum atomic E-state index is -0.778. The van der Waals surface area contributed by atoms with Crippen LogP contribution < -0.4 is 0 Å². The number of ether oxygens (including phenoxy) is 1. The zero-order valence-corrected chi connectivity index (χ0v) is 7.95. The maximum absolute atomic E-state index is 9.55. The first-order chi connectivity index (χ1) is 5.49. The van der Waals surface area contributed by atoms with Gasteiger partial charge in [-0.05, 0) is 20.8 Å². The molecular formula is C9H17NO2. The second-order valence-electron chi connectivity index (χ2n) is 3.98. The summed E-state index contributed by atoms with van der Waals surface area (Å²) in [6, 6.07) is 0. The van der Waals surface area contributed by atoms with Crippen LogP contribution in [-0.2, 0) is 4.74 Å². The molecule has 0 aromatic rings. The Morgan fingerprint density at radius 1 is 1.33 bits per heavy atom. The first-order valence-electron chi connectivity index (χ1n) is 4.24. The zero-order chi connectivity index (χ0) is 9.19. The quantitative estimate of drug-likeness (QED) is 0.496. The Labute approximate surface area is 73.6 Å². The predicted octanol–water partition coefficient (Wildman–Crippen LogP) is 0.949. The van der Waals surface area contributed by atoms with Crippen LogP contribution in [0.15, 0.2) is 12.2 Å². The van der Waals surface area contributed by atoms with Crippen LogP contribution in [0, 0.1) is 0 Å². The lowest BCUT2D eigenvalue weighted by Crippen LogP contribution is -2.40. The van der Waals surface area contributed by atoms with Crippen LogP contribution in [-0.4, -0.2) is 35.1 Å². The molecule has 70 valence electrons. The van der Waals surface area contributed by atoms with E-state index in [1.807, 2.05) is 37.8 Å². The Morgan fingerprint density at radius 2 is 1.83 bits per heavy atom. The normalized spacial score (nSPS) is 21.7. The minimum Gasteiger partial charge on any atom is -0.356 e. The van der Waals surface area contributed by atoms with E-state index >= 15 is 0 Å². The number of nitrogens with zero attached hydrogens (tertiary/aromatic N) is 1. The van der Waals surface area contributed by atoms with Crippen molar-refractivity contribution in [2.45, 2.75) is 32.8 Å². The maximum atomic E-state index is 9.55. The van der Waals surface area contributed by atoms with Gasteiger partial charge in [0.15, 0.2) is 0 Å². The molecule has 0 aliphatic carbocycles. The third-order valence-electron chi connectivity index (χ3n) is 1.62. The fourth-order valence-electron chi connectivity index (χ4n) is 1.07. The van der Waals surface area contributed by atoms with Gasteiger partial charge in [-0.1, -0.05) is 12.2 Å². The van der Waals surface area contributed by atoms with Crippen molar-refractivity contribution in [3.05, 3.63) is 12.2 Å². The Kier molecular flexibility index (Phi) is 2.88. The first-order valence-corrected chi connectivity index (χ1v) is 4.24. The minimum absolute atomic E-state index is 0.290. The Morgan fingerprint density at radius 3 is 2.25 bits per heavy atom. The van der Waals surface area contributed by atoms with Crippen molar-refractivity contribution in [2.75, 3.05) is 13.1 Å². The van der Waals surface area contributed by atoms with Gasteiger partial charge in [-0.3, -0.25) is 0 Å². The van der Waals surface area contributed by atoms with Gasteiger partial charge < -0.3 is 9.84 Å². The lowest BCUT2D eigenvalue weighted by molar-refractivity contribution is -0.232. The van der Waals surface area contributed by atoms with Gasteiger partial charge in [0.2, 0.25) is 6.41 Å². The van der Waals surface area contributed by atoms with Crippen molar-refractivity contribution in [2.24, 2.45) is 0 Å². The molecule has 0 saturated carbocycles. The average molecular weight is 171 g/mol. The van der Waals surface area contributed by atoms with E-state index in [-0.39, 0.29) is 5.60 Å². The molecule has 1 atom stereocenters. The molecule has 12 heavy (non-hydrogen) atoms. The van der Waals surface area contributed by atoms with E-state index in [0.29, 0.717) is 0 Å². The molecule has 0 spiro atoms. The Bertz CT molecular complexity index is 164. The van der Waals surface area contributed by atoms with Gasteiger partial charge in [0.25, 0.3) is 0 Å². The molecule has 1 N–H and O–H groups in total. The molecule has 0 saturated heterocycles. The smallest absolute Gasteiger partial charge is 0.217 e. The third kappa shape index (κ3) is 2.93. The van der Waals surface area contributed by atoms with E-state index in [2.05, 4.69) is 0 Å². The van der Waals surface area contributed by atoms with E-state index in [9.17, 15) is 5.11 Å². The molecule has 0 aromatic heterocycles. The van der Waals surface area contributed by atoms with Crippen molar-refractivity contribution in [3.8, 4) is 0 Å². The molecule has 1 aliphatic heterocycles. The van der Waals surface area contributed by atoms with E-state index in [0.717, 1.165) is 13.1 Å². The van der Waals surface area contributed by atoms with Crippen molar-refractivity contribution >= 4 is 0 Å². The highest BCUT2D eigenvalue weighted by Crippen LogP contribution is 2.13. The fraction of sp³-hybridized carbons (Fsp3) is 0.778. The van der Waals surface area contributed by atoms with Gasteiger partial charge in [0.05, 0.1) is 5.60 Å². The molecule has 0 radical (unpaired) electrons. The molecule has 0 bridgehead atoms. The topological polar surface area (TPSA) is 32.7 Å². The first kappa shape index (κ1) is 9.71. The molecule has 0 aromatic carbocycles. The van der Waals surface area contributed by atoms with Crippen LogP contribution >= 0.6 is 0 Å². The van der Waals surface area contributed by atoms with E-state index in [4.69, 9.17) is 4.74 Å². The van der Waals surface area contributed by atoms with Crippen molar-refractivity contribution in [1.29, 1.82) is 0 Å². The molecule has 0 fully saturated rings. The number of rotatable bonds is 2. The summed E-state index contributed by atoms with van der Waals surface area (Å²) in [4.78, 5) is 1.85. The van der Waals surface area contributed by atoms with Crippen molar-refractivity contribution < 1.29 is 9.84 Å². The maximum Gasteiger partial charge on any atom is 0.217 e. The number of hydrogen-bond acceptors (Lipinski definition) is 3. The zero-order valence-electron chi connectivity index (χ0n) is 7.95. The molecule has 3 nitrogen and oxygen atoms in total. The molecule has 1 rings (SSSR count). The highest BCUT2D eigenvalue weighted by molar-refractivity contribution is 4.95. The summed E-state index contributed by atoms with van der Waals surface area (Å²) in [5, 5.41) is 9.55. The van der Waals surface area contributed by atoms with Crippen molar-refractivity contribution in [3.63, 3.8) is 0 Å². The van der Waals surface area contributed by atoms with Gasteiger partial charge >= 0.3 is 0 Å². The second kappa shape index (κ2) is 3.56. The van der Waals surface area contributed by atoms with Crippen LogP contribution in [0.1, 0.15) is 20.8 Å². The highest BCUT2D eigenvalue weighted by Gasteiger charge is 2.22. The Hall–Kier alpha value is -0.380. The number of aliphatic hydroxyl groups excluding tert-OH is 1. The molecule has 1 aliphatic rings. The molecular weight excluding hydrogens is 154 g/mol. The summed E-state index contributed by atoms with van der Waals surface area (Å²) in [6.45, 7) is 7.34. The molecule has 3 heteroatoms. The number of aliphatic hydroxyl groups is 1. The lowest BCUT2D eigenvalue weighted by atomic mass is 10.2.